The van der Waals surface area contributed by atoms with Gasteiger partial charge in [0.25, 0.3) is 0 Å². The number of para-hydroxylation sites is 2. The number of rotatable bonds is 13. The molecule has 70 heavy (non-hydrogen) atoms. The van der Waals surface area contributed by atoms with E-state index in [0.29, 0.717) is 0 Å². The average molecular weight is 905 g/mol. The van der Waals surface area contributed by atoms with Crippen molar-refractivity contribution < 1.29 is 0 Å². The first-order valence-corrected chi connectivity index (χ1v) is 24.5. The Bertz CT molecular complexity index is 3420. The summed E-state index contributed by atoms with van der Waals surface area (Å²) in [7, 11) is 2.16. The van der Waals surface area contributed by atoms with Crippen LogP contribution in [0.3, 0.4) is 0 Å². The van der Waals surface area contributed by atoms with E-state index in [1.165, 1.54) is 95.0 Å². The molecule has 0 amide bonds. The maximum Gasteiger partial charge on any atom is 0.0950 e. The van der Waals surface area contributed by atoms with Gasteiger partial charge in [0, 0.05) is 36.3 Å². The lowest BCUT2D eigenvalue weighted by atomic mass is 9.89. The molecule has 0 N–H and O–H groups in total. The maximum atomic E-state index is 4.94. The Morgan fingerprint density at radius 1 is 0.371 bits per heavy atom. The molecule has 1 aliphatic rings. The molecule has 0 unspecified atom stereocenters. The second-order valence-electron chi connectivity index (χ2n) is 18.8. The minimum atomic E-state index is 0.852. The van der Waals surface area contributed by atoms with Gasteiger partial charge in [0.2, 0.25) is 0 Å². The van der Waals surface area contributed by atoms with Crippen LogP contribution in [-0.4, -0.2) is 23.7 Å². The molecule has 340 valence electrons. The fourth-order valence-electron chi connectivity index (χ4n) is 10.2. The van der Waals surface area contributed by atoms with E-state index >= 15 is 0 Å². The number of fused-ring (bicyclic) bond motifs is 1. The predicted molar refractivity (Wildman–Crippen MR) is 294 cm³/mol. The van der Waals surface area contributed by atoms with E-state index in [1.807, 2.05) is 24.5 Å². The van der Waals surface area contributed by atoms with Crippen LogP contribution in [0.5, 0.6) is 0 Å². The average Bonchev–Trinajstić information content (AvgIpc) is 3.76. The molecule has 0 saturated carbocycles. The van der Waals surface area contributed by atoms with E-state index in [1.54, 1.807) is 0 Å². The number of aryl methyl sites for hydroxylation is 6. The maximum absolute atomic E-state index is 4.94. The zero-order valence-electron chi connectivity index (χ0n) is 40.2. The number of hydrogen-bond donors (Lipinski definition) is 0. The van der Waals surface area contributed by atoms with E-state index in [0.717, 1.165) is 54.9 Å². The fourth-order valence-corrected chi connectivity index (χ4v) is 10.2. The van der Waals surface area contributed by atoms with Gasteiger partial charge >= 0.3 is 0 Å². The molecular formula is C66H56N4. The van der Waals surface area contributed by atoms with Gasteiger partial charge in [0.05, 0.1) is 29.4 Å². The molecule has 0 bridgehead atoms. The minimum Gasteiger partial charge on any atom is -0.355 e. The quantitative estimate of drug-likeness (QED) is 0.115. The Hall–Kier alpha value is -8.34. The SMILES string of the molecule is Cc1cc(-c2ccccc2)ccc1-c1cc(-c2ccc(-c3ccccc3-c3cc(CCc4ccc(-c5ccccn5)cc4)cc(CCc4ccc(N5CN(C)c6ccccc65)cc4)c3)cc2)ncc1C. The summed E-state index contributed by atoms with van der Waals surface area (Å²) in [5.74, 6) is 0. The lowest BCUT2D eigenvalue weighted by Gasteiger charge is -2.20. The van der Waals surface area contributed by atoms with Crippen molar-refractivity contribution in [1.29, 1.82) is 0 Å². The third kappa shape index (κ3) is 9.42. The van der Waals surface area contributed by atoms with Gasteiger partial charge in [-0.05, 0) is 160 Å². The molecule has 0 radical (unpaired) electrons. The molecule has 0 atom stereocenters. The monoisotopic (exact) mass is 904 g/mol. The molecular weight excluding hydrogens is 849 g/mol. The first kappa shape index (κ1) is 44.2. The third-order valence-corrected chi connectivity index (χ3v) is 14.0. The highest BCUT2D eigenvalue weighted by Gasteiger charge is 2.24. The second kappa shape index (κ2) is 19.7. The van der Waals surface area contributed by atoms with E-state index in [4.69, 9.17) is 4.98 Å². The van der Waals surface area contributed by atoms with E-state index in [2.05, 4.69) is 236 Å². The van der Waals surface area contributed by atoms with Gasteiger partial charge in [-0.25, -0.2) is 0 Å². The van der Waals surface area contributed by atoms with Crippen molar-refractivity contribution in [3.63, 3.8) is 0 Å². The van der Waals surface area contributed by atoms with Gasteiger partial charge in [-0.2, -0.15) is 0 Å². The fraction of sp³-hybridized carbons (Fsp3) is 0.121. The topological polar surface area (TPSA) is 32.3 Å². The summed E-state index contributed by atoms with van der Waals surface area (Å²) in [6.45, 7) is 5.22. The van der Waals surface area contributed by atoms with Gasteiger partial charge in [-0.1, -0.05) is 170 Å². The largest absolute Gasteiger partial charge is 0.355 e. The first-order chi connectivity index (χ1) is 34.4. The number of hydrogen-bond acceptors (Lipinski definition) is 4. The third-order valence-electron chi connectivity index (χ3n) is 14.0. The Morgan fingerprint density at radius 3 is 1.63 bits per heavy atom. The molecule has 3 heterocycles. The van der Waals surface area contributed by atoms with Gasteiger partial charge in [-0.15, -0.1) is 0 Å². The summed E-state index contributed by atoms with van der Waals surface area (Å²) >= 11 is 0. The highest BCUT2D eigenvalue weighted by Crippen LogP contribution is 2.40. The standard InChI is InChI=1S/C66H56N4/c1-46-39-56(52-13-5-4-6-14-52)34-37-59(46)62-43-64(68-44-47(62)2)55-32-30-53(31-33-55)60-15-7-8-16-61(60)57-41-50(22-20-48-24-28-54(29-25-48)63-17-11-12-38-67-63)40-51(42-57)23-21-49-26-35-58(36-27-49)70-45-69(3)65-18-9-10-19-66(65)70/h4-19,24-44H,20-23,45H2,1-3H3. The summed E-state index contributed by atoms with van der Waals surface area (Å²) in [6.07, 6.45) is 7.69. The number of pyridine rings is 2. The summed E-state index contributed by atoms with van der Waals surface area (Å²) in [4.78, 5) is 14.2. The van der Waals surface area contributed by atoms with Crippen LogP contribution in [0, 0.1) is 13.8 Å². The normalized spacial score (nSPS) is 12.0. The second-order valence-corrected chi connectivity index (χ2v) is 18.8. The van der Waals surface area contributed by atoms with Gasteiger partial charge in [0.1, 0.15) is 0 Å². The molecule has 11 rings (SSSR count). The molecule has 1 aliphatic heterocycles. The van der Waals surface area contributed by atoms with Crippen LogP contribution in [0.2, 0.25) is 0 Å². The molecule has 2 aromatic heterocycles. The lowest BCUT2D eigenvalue weighted by molar-refractivity contribution is 0.928. The summed E-state index contributed by atoms with van der Waals surface area (Å²) in [5, 5.41) is 0. The van der Waals surface area contributed by atoms with E-state index in [-0.39, 0.29) is 0 Å². The minimum absolute atomic E-state index is 0.852. The summed E-state index contributed by atoms with van der Waals surface area (Å²) in [6, 6.07) is 77.6. The van der Waals surface area contributed by atoms with Crippen LogP contribution in [0.1, 0.15) is 33.4 Å². The van der Waals surface area contributed by atoms with Crippen LogP contribution in [0.4, 0.5) is 17.1 Å². The van der Waals surface area contributed by atoms with Crippen molar-refractivity contribution in [3.8, 4) is 67.0 Å². The Labute approximate surface area is 413 Å². The summed E-state index contributed by atoms with van der Waals surface area (Å²) in [5.41, 5.74) is 25.6. The van der Waals surface area contributed by atoms with Crippen molar-refractivity contribution in [1.82, 2.24) is 9.97 Å². The number of benzene rings is 8. The van der Waals surface area contributed by atoms with Crippen LogP contribution in [0.15, 0.2) is 225 Å². The van der Waals surface area contributed by atoms with Gasteiger partial charge in [-0.3, -0.25) is 9.97 Å². The van der Waals surface area contributed by atoms with Crippen LogP contribution < -0.4 is 9.80 Å². The zero-order valence-corrected chi connectivity index (χ0v) is 40.2. The van der Waals surface area contributed by atoms with Gasteiger partial charge in [0.15, 0.2) is 0 Å². The highest BCUT2D eigenvalue weighted by atomic mass is 15.4. The number of aromatic nitrogens is 2. The van der Waals surface area contributed by atoms with Crippen LogP contribution >= 0.6 is 0 Å². The van der Waals surface area contributed by atoms with Crippen molar-refractivity contribution in [2.24, 2.45) is 0 Å². The number of anilines is 3. The van der Waals surface area contributed by atoms with Crippen LogP contribution in [-0.2, 0) is 25.7 Å². The molecule has 0 spiro atoms. The Kier molecular flexibility index (Phi) is 12.4. The Balaban J connectivity index is 0.863. The highest BCUT2D eigenvalue weighted by molar-refractivity contribution is 5.86. The van der Waals surface area contributed by atoms with Crippen molar-refractivity contribution in [3.05, 3.63) is 258 Å². The Morgan fingerprint density at radius 2 is 0.943 bits per heavy atom. The van der Waals surface area contributed by atoms with Crippen LogP contribution in [0.25, 0.3) is 67.0 Å². The lowest BCUT2D eigenvalue weighted by Crippen LogP contribution is -2.23. The van der Waals surface area contributed by atoms with E-state index in [9.17, 15) is 0 Å². The van der Waals surface area contributed by atoms with Gasteiger partial charge < -0.3 is 9.80 Å². The molecule has 4 nitrogen and oxygen atoms in total. The summed E-state index contributed by atoms with van der Waals surface area (Å²) < 4.78 is 0. The zero-order chi connectivity index (χ0) is 47.4. The predicted octanol–water partition coefficient (Wildman–Crippen LogP) is 16.2. The first-order valence-electron chi connectivity index (χ1n) is 24.5. The molecule has 0 saturated heterocycles. The van der Waals surface area contributed by atoms with Crippen molar-refractivity contribution in [2.75, 3.05) is 23.5 Å². The molecule has 4 heteroatoms. The molecule has 0 fully saturated rings. The van der Waals surface area contributed by atoms with E-state index < -0.39 is 0 Å². The molecule has 8 aromatic carbocycles. The molecule has 10 aromatic rings. The molecule has 0 aliphatic carbocycles. The number of nitrogens with zero attached hydrogens (tertiary/aromatic N) is 4. The smallest absolute Gasteiger partial charge is 0.0950 e. The van der Waals surface area contributed by atoms with Crippen molar-refractivity contribution >= 4 is 17.1 Å². The van der Waals surface area contributed by atoms with Crippen molar-refractivity contribution in [2.45, 2.75) is 39.5 Å².